The molecule has 0 bridgehead atoms. The molecule has 0 spiro atoms. The molecule has 1 saturated carbocycles. The van der Waals surface area contributed by atoms with Crippen molar-refractivity contribution in [1.29, 1.82) is 0 Å². The van der Waals surface area contributed by atoms with Crippen LogP contribution in [0.1, 0.15) is 54.4 Å². The van der Waals surface area contributed by atoms with Gasteiger partial charge in [0.15, 0.2) is 0 Å². The molecule has 5 rings (SSSR count). The Morgan fingerprint density at radius 2 is 2.00 bits per heavy atom. The Morgan fingerprint density at radius 3 is 2.65 bits per heavy atom. The molecule has 1 aromatic heterocycles. The van der Waals surface area contributed by atoms with Gasteiger partial charge in [0.1, 0.15) is 0 Å². The Bertz CT molecular complexity index is 1100. The fourth-order valence-electron chi connectivity index (χ4n) is 4.84. The number of hydrogen-bond acceptors (Lipinski definition) is 6. The van der Waals surface area contributed by atoms with Crippen LogP contribution in [-0.2, 0) is 17.5 Å². The summed E-state index contributed by atoms with van der Waals surface area (Å²) >= 11 is 0. The summed E-state index contributed by atoms with van der Waals surface area (Å²) in [4.78, 5) is 31.3. The molecule has 2 aliphatic heterocycles. The van der Waals surface area contributed by atoms with Crippen molar-refractivity contribution >= 4 is 24.2 Å². The van der Waals surface area contributed by atoms with Crippen molar-refractivity contribution in [2.45, 2.75) is 57.4 Å². The van der Waals surface area contributed by atoms with Crippen LogP contribution in [0.3, 0.4) is 0 Å². The van der Waals surface area contributed by atoms with Gasteiger partial charge in [-0.1, -0.05) is 30.1 Å². The zero-order valence-electron chi connectivity index (χ0n) is 18.4. The molecule has 34 heavy (non-hydrogen) atoms. The average molecular weight is 500 g/mol. The summed E-state index contributed by atoms with van der Waals surface area (Å²) in [6.45, 7) is 3.60. The number of nitrogens with zero attached hydrogens (tertiary/aromatic N) is 3. The highest BCUT2D eigenvalue weighted by Gasteiger charge is 2.44. The Balaban J connectivity index is 0.00000274. The van der Waals surface area contributed by atoms with Gasteiger partial charge in [0.2, 0.25) is 11.7 Å². The predicted molar refractivity (Wildman–Crippen MR) is 117 cm³/mol. The molecule has 184 valence electrons. The van der Waals surface area contributed by atoms with E-state index in [0.717, 1.165) is 31.2 Å². The number of carbonyl (C=O) groups excluding carboxylic acids is 2. The van der Waals surface area contributed by atoms with Crippen LogP contribution < -0.4 is 10.6 Å². The minimum Gasteiger partial charge on any atom is -0.351 e. The summed E-state index contributed by atoms with van der Waals surface area (Å²) in [6.07, 6.45) is -1.21. The van der Waals surface area contributed by atoms with Gasteiger partial charge < -0.3 is 20.1 Å². The number of aromatic nitrogens is 2. The Hall–Kier alpha value is -2.66. The second-order valence-electron chi connectivity index (χ2n) is 9.32. The zero-order valence-corrected chi connectivity index (χ0v) is 19.3. The third-order valence-electron chi connectivity index (χ3n) is 6.89. The largest absolute Gasteiger partial charge is 0.471 e. The summed E-state index contributed by atoms with van der Waals surface area (Å²) in [5, 5.41) is 9.72. The number of nitrogens with one attached hydrogen (secondary N) is 2. The van der Waals surface area contributed by atoms with Crippen molar-refractivity contribution < 1.29 is 27.3 Å². The SMILES string of the molecule is CC1(C(=O)N[C@@H]2CCCC[C@H]2N2Cc3ccc(-c4noc(C(F)(F)F)n4)cc3C2=O)CNC1.Cl. The van der Waals surface area contributed by atoms with Crippen LogP contribution in [0.4, 0.5) is 13.2 Å². The average Bonchev–Trinajstić information content (AvgIpc) is 3.38. The predicted octanol–water partition coefficient (Wildman–Crippen LogP) is 3.17. The van der Waals surface area contributed by atoms with E-state index in [-0.39, 0.29) is 47.7 Å². The number of benzene rings is 1. The first-order valence-corrected chi connectivity index (χ1v) is 11.0. The Labute approximate surface area is 200 Å². The van der Waals surface area contributed by atoms with Gasteiger partial charge in [-0.25, -0.2) is 0 Å². The van der Waals surface area contributed by atoms with Gasteiger partial charge in [0.25, 0.3) is 5.91 Å². The lowest BCUT2D eigenvalue weighted by atomic mass is 9.81. The van der Waals surface area contributed by atoms with Crippen molar-refractivity contribution in [2.75, 3.05) is 13.1 Å². The molecule has 2 atom stereocenters. The summed E-state index contributed by atoms with van der Waals surface area (Å²) in [7, 11) is 0. The topological polar surface area (TPSA) is 100 Å². The van der Waals surface area contributed by atoms with Gasteiger partial charge >= 0.3 is 12.1 Å². The van der Waals surface area contributed by atoms with Gasteiger partial charge in [-0.05, 0) is 31.4 Å². The van der Waals surface area contributed by atoms with Crippen LogP contribution in [0.2, 0.25) is 0 Å². The van der Waals surface area contributed by atoms with E-state index in [2.05, 4.69) is 25.3 Å². The van der Waals surface area contributed by atoms with Gasteiger partial charge in [0.05, 0.1) is 11.5 Å². The maximum atomic E-state index is 13.3. The van der Waals surface area contributed by atoms with Gasteiger partial charge in [-0.2, -0.15) is 18.2 Å². The summed E-state index contributed by atoms with van der Waals surface area (Å²) in [5.74, 6) is -1.85. The molecule has 1 aromatic carbocycles. The molecule has 1 aliphatic carbocycles. The van der Waals surface area contributed by atoms with Crippen LogP contribution in [0.25, 0.3) is 11.4 Å². The standard InChI is InChI=1S/C22H24F3N5O3.ClH/c1-21(10-26-11-21)19(32)27-15-4-2-3-5-16(15)30-9-13-7-6-12(8-14(13)18(30)31)17-28-20(33-29-17)22(23,24)25;/h6-8,15-16,26H,2-5,9-11H2,1H3,(H,27,32);1H/t15-,16-;/m1./s1. The van der Waals surface area contributed by atoms with E-state index in [0.29, 0.717) is 25.2 Å². The molecule has 3 heterocycles. The van der Waals surface area contributed by atoms with E-state index < -0.39 is 17.5 Å². The van der Waals surface area contributed by atoms with E-state index >= 15 is 0 Å². The third kappa shape index (κ3) is 4.26. The van der Waals surface area contributed by atoms with Crippen LogP contribution in [-0.4, -0.2) is 52.0 Å². The summed E-state index contributed by atoms with van der Waals surface area (Å²) in [5.41, 5.74) is 1.06. The molecule has 12 heteroatoms. The fourth-order valence-corrected chi connectivity index (χ4v) is 4.84. The molecular weight excluding hydrogens is 475 g/mol. The van der Waals surface area contributed by atoms with Crippen LogP contribution in [0, 0.1) is 5.41 Å². The molecule has 3 aliphatic rings. The second-order valence-corrected chi connectivity index (χ2v) is 9.32. The van der Waals surface area contributed by atoms with Crippen molar-refractivity contribution in [2.24, 2.45) is 5.41 Å². The van der Waals surface area contributed by atoms with E-state index in [1.807, 2.05) is 6.92 Å². The molecule has 8 nitrogen and oxygen atoms in total. The maximum absolute atomic E-state index is 13.3. The van der Waals surface area contributed by atoms with Crippen LogP contribution >= 0.6 is 12.4 Å². The molecular formula is C22H25ClF3N5O3. The smallest absolute Gasteiger partial charge is 0.351 e. The van der Waals surface area contributed by atoms with E-state index in [4.69, 9.17) is 0 Å². The molecule has 1 saturated heterocycles. The van der Waals surface area contributed by atoms with Crippen molar-refractivity contribution in [3.8, 4) is 11.4 Å². The lowest BCUT2D eigenvalue weighted by Gasteiger charge is -2.42. The lowest BCUT2D eigenvalue weighted by molar-refractivity contribution is -0.159. The summed E-state index contributed by atoms with van der Waals surface area (Å²) in [6, 6.07) is 4.55. The Kier molecular flexibility index (Phi) is 6.36. The quantitative estimate of drug-likeness (QED) is 0.670. The highest BCUT2D eigenvalue weighted by Crippen LogP contribution is 2.35. The van der Waals surface area contributed by atoms with E-state index in [1.165, 1.54) is 6.07 Å². The number of carbonyl (C=O) groups is 2. The molecule has 2 amide bonds. The van der Waals surface area contributed by atoms with Gasteiger partial charge in [-0.15, -0.1) is 12.4 Å². The number of halogens is 4. The van der Waals surface area contributed by atoms with Gasteiger partial charge in [0, 0.05) is 36.8 Å². The molecule has 2 N–H and O–H groups in total. The first-order valence-electron chi connectivity index (χ1n) is 11.0. The number of amides is 2. The van der Waals surface area contributed by atoms with E-state index in [1.54, 1.807) is 17.0 Å². The van der Waals surface area contributed by atoms with Crippen molar-refractivity contribution in [3.05, 3.63) is 35.2 Å². The first-order chi connectivity index (χ1) is 15.7. The normalized spacial score (nSPS) is 23.6. The minimum absolute atomic E-state index is 0. The van der Waals surface area contributed by atoms with E-state index in [9.17, 15) is 22.8 Å². The first kappa shape index (κ1) is 24.5. The molecule has 2 fully saturated rings. The number of hydrogen-bond donors (Lipinski definition) is 2. The molecule has 0 unspecified atom stereocenters. The molecule has 0 radical (unpaired) electrons. The number of rotatable bonds is 4. The highest BCUT2D eigenvalue weighted by molar-refractivity contribution is 5.99. The highest BCUT2D eigenvalue weighted by atomic mass is 35.5. The maximum Gasteiger partial charge on any atom is 0.471 e. The van der Waals surface area contributed by atoms with Crippen LogP contribution in [0.5, 0.6) is 0 Å². The van der Waals surface area contributed by atoms with Crippen LogP contribution in [0.15, 0.2) is 22.7 Å². The summed E-state index contributed by atoms with van der Waals surface area (Å²) < 4.78 is 42.7. The minimum atomic E-state index is -4.73. The van der Waals surface area contributed by atoms with Crippen molar-refractivity contribution in [3.63, 3.8) is 0 Å². The number of alkyl halides is 3. The molecule has 2 aromatic rings. The second kappa shape index (κ2) is 8.84. The Morgan fingerprint density at radius 1 is 1.26 bits per heavy atom. The zero-order chi connectivity index (χ0) is 23.4. The third-order valence-corrected chi connectivity index (χ3v) is 6.89. The van der Waals surface area contributed by atoms with Crippen molar-refractivity contribution in [1.82, 2.24) is 25.7 Å². The number of fused-ring (bicyclic) bond motifs is 1. The monoisotopic (exact) mass is 499 g/mol. The fraction of sp³-hybridized carbons (Fsp3) is 0.545. The lowest BCUT2D eigenvalue weighted by Crippen LogP contribution is -2.63. The van der Waals surface area contributed by atoms with Gasteiger partial charge in [-0.3, -0.25) is 9.59 Å².